The van der Waals surface area contributed by atoms with Crippen molar-refractivity contribution in [3.05, 3.63) is 37.9 Å². The van der Waals surface area contributed by atoms with Crippen LogP contribution >= 0.6 is 12.4 Å². The van der Waals surface area contributed by atoms with Gasteiger partial charge in [-0.15, -0.1) is 12.4 Å². The number of rotatable bonds is 3. The molecule has 0 saturated heterocycles. The number of amidine groups is 1. The van der Waals surface area contributed by atoms with Crippen LogP contribution in [0.15, 0.2) is 4.99 Å². The summed E-state index contributed by atoms with van der Waals surface area (Å²) in [5.74, 6) is 0.985. The molecule has 1 aromatic rings. The molecule has 1 aromatic carbocycles. The highest BCUT2D eigenvalue weighted by Crippen LogP contribution is 2.32. The van der Waals surface area contributed by atoms with Crippen LogP contribution in [0.3, 0.4) is 0 Å². The summed E-state index contributed by atoms with van der Waals surface area (Å²) >= 11 is 0. The molecule has 0 bridgehead atoms. The van der Waals surface area contributed by atoms with Gasteiger partial charge in [-0.1, -0.05) is 0 Å². The Morgan fingerprint density at radius 1 is 1.15 bits per heavy atom. The van der Waals surface area contributed by atoms with Crippen LogP contribution in [0, 0.1) is 37.8 Å². The van der Waals surface area contributed by atoms with Crippen molar-refractivity contribution in [1.29, 1.82) is 0 Å². The lowest BCUT2D eigenvalue weighted by atomic mass is 9.90. The average molecular weight is 298 g/mol. The molecule has 0 aromatic heterocycles. The Bertz CT molecular complexity index is 553. The summed E-state index contributed by atoms with van der Waals surface area (Å²) in [7, 11) is 0. The average Bonchev–Trinajstić information content (AvgIpc) is 2.85. The van der Waals surface area contributed by atoms with E-state index >= 15 is 0 Å². The van der Waals surface area contributed by atoms with E-state index in [9.17, 15) is 10.1 Å². The third kappa shape index (κ3) is 2.77. The van der Waals surface area contributed by atoms with E-state index in [2.05, 4.69) is 10.3 Å². The number of halogens is 1. The number of hydrogen-bond donors (Lipinski definition) is 1. The van der Waals surface area contributed by atoms with E-state index in [4.69, 9.17) is 0 Å². The molecule has 0 aliphatic carbocycles. The second kappa shape index (κ2) is 6.22. The maximum absolute atomic E-state index is 11.2. The third-order valence-electron chi connectivity index (χ3n) is 4.01. The van der Waals surface area contributed by atoms with Crippen molar-refractivity contribution in [3.8, 4) is 0 Å². The number of nitrogens with one attached hydrogen (secondary N) is 1. The van der Waals surface area contributed by atoms with Gasteiger partial charge >= 0.3 is 0 Å². The largest absolute Gasteiger partial charge is 0.372 e. The van der Waals surface area contributed by atoms with Crippen molar-refractivity contribution in [2.75, 3.05) is 13.1 Å². The van der Waals surface area contributed by atoms with E-state index in [0.29, 0.717) is 0 Å². The molecular weight excluding hydrogens is 278 g/mol. The summed E-state index contributed by atoms with van der Waals surface area (Å²) in [5.41, 5.74) is 4.95. The van der Waals surface area contributed by atoms with Crippen molar-refractivity contribution in [1.82, 2.24) is 5.32 Å². The van der Waals surface area contributed by atoms with E-state index < -0.39 is 0 Å². The molecule has 0 fully saturated rings. The lowest BCUT2D eigenvalue weighted by Gasteiger charge is -2.16. The summed E-state index contributed by atoms with van der Waals surface area (Å²) < 4.78 is 0. The number of hydrogen-bond acceptors (Lipinski definition) is 4. The fraction of sp³-hybridized carbons (Fsp3) is 0.500. The Labute approximate surface area is 125 Å². The number of nitro groups is 1. The van der Waals surface area contributed by atoms with E-state index in [1.807, 2.05) is 27.7 Å². The molecule has 20 heavy (non-hydrogen) atoms. The fourth-order valence-corrected chi connectivity index (χ4v) is 2.64. The molecule has 5 nitrogen and oxygen atoms in total. The summed E-state index contributed by atoms with van der Waals surface area (Å²) in [4.78, 5) is 15.3. The molecule has 1 heterocycles. The molecule has 2 rings (SSSR count). The van der Waals surface area contributed by atoms with Crippen molar-refractivity contribution >= 4 is 23.9 Å². The molecule has 0 amide bonds. The highest BCUT2D eigenvalue weighted by atomic mass is 35.5. The van der Waals surface area contributed by atoms with Gasteiger partial charge < -0.3 is 5.32 Å². The standard InChI is InChI=1S/C14H19N3O2.ClH/c1-8-10(3)14(17(18)19)11(4)9(2)12(8)7-13-15-5-6-16-13;/h5-7H2,1-4H3,(H,15,16);1H. The zero-order chi connectivity index (χ0) is 14.2. The summed E-state index contributed by atoms with van der Waals surface area (Å²) in [6.45, 7) is 9.27. The lowest BCUT2D eigenvalue weighted by molar-refractivity contribution is -0.386. The molecule has 0 spiro atoms. The zero-order valence-corrected chi connectivity index (χ0v) is 13.1. The van der Waals surface area contributed by atoms with Crippen LogP contribution in [-0.4, -0.2) is 23.8 Å². The molecule has 0 atom stereocenters. The minimum Gasteiger partial charge on any atom is -0.372 e. The number of aliphatic imine (C=N–C) groups is 1. The topological polar surface area (TPSA) is 67.5 Å². The lowest BCUT2D eigenvalue weighted by Crippen LogP contribution is -2.22. The predicted octanol–water partition coefficient (Wildman–Crippen LogP) is 2.79. The predicted molar refractivity (Wildman–Crippen MR) is 83.3 cm³/mol. The summed E-state index contributed by atoms with van der Waals surface area (Å²) in [6, 6.07) is 0. The van der Waals surface area contributed by atoms with Gasteiger partial charge in [-0.2, -0.15) is 0 Å². The summed E-state index contributed by atoms with van der Waals surface area (Å²) in [5, 5.41) is 14.4. The molecule has 1 aliphatic heterocycles. The number of benzene rings is 1. The Hall–Kier alpha value is -1.62. The maximum atomic E-state index is 11.2. The smallest absolute Gasteiger partial charge is 0.275 e. The van der Waals surface area contributed by atoms with Crippen LogP contribution in [0.4, 0.5) is 5.69 Å². The second-order valence-electron chi connectivity index (χ2n) is 5.02. The first-order valence-electron chi connectivity index (χ1n) is 6.44. The second-order valence-corrected chi connectivity index (χ2v) is 5.02. The molecule has 0 radical (unpaired) electrons. The van der Waals surface area contributed by atoms with Crippen LogP contribution in [0.2, 0.25) is 0 Å². The molecule has 1 N–H and O–H groups in total. The van der Waals surface area contributed by atoms with Gasteiger partial charge in [-0.25, -0.2) is 0 Å². The van der Waals surface area contributed by atoms with E-state index in [1.54, 1.807) is 0 Å². The Morgan fingerprint density at radius 2 is 1.70 bits per heavy atom. The van der Waals surface area contributed by atoms with Crippen LogP contribution in [0.25, 0.3) is 0 Å². The first-order chi connectivity index (χ1) is 8.93. The first-order valence-corrected chi connectivity index (χ1v) is 6.44. The molecule has 0 saturated carbocycles. The van der Waals surface area contributed by atoms with Crippen LogP contribution in [0.1, 0.15) is 27.8 Å². The van der Waals surface area contributed by atoms with Gasteiger partial charge in [0.25, 0.3) is 5.69 Å². The van der Waals surface area contributed by atoms with Crippen molar-refractivity contribution in [2.24, 2.45) is 4.99 Å². The molecule has 0 unspecified atom stereocenters. The van der Waals surface area contributed by atoms with E-state index in [-0.39, 0.29) is 23.0 Å². The zero-order valence-electron chi connectivity index (χ0n) is 12.2. The van der Waals surface area contributed by atoms with Crippen LogP contribution in [0.5, 0.6) is 0 Å². The maximum Gasteiger partial charge on any atom is 0.275 e. The van der Waals surface area contributed by atoms with E-state index in [1.165, 1.54) is 0 Å². The van der Waals surface area contributed by atoms with Gasteiger partial charge in [-0.3, -0.25) is 15.1 Å². The van der Waals surface area contributed by atoms with Gasteiger partial charge in [0.05, 0.1) is 11.5 Å². The summed E-state index contributed by atoms with van der Waals surface area (Å²) in [6.07, 6.45) is 0.733. The highest BCUT2D eigenvalue weighted by molar-refractivity contribution is 5.86. The van der Waals surface area contributed by atoms with Gasteiger partial charge in [0.15, 0.2) is 0 Å². The third-order valence-corrected chi connectivity index (χ3v) is 4.01. The highest BCUT2D eigenvalue weighted by Gasteiger charge is 2.23. The van der Waals surface area contributed by atoms with E-state index in [0.717, 1.165) is 53.2 Å². The van der Waals surface area contributed by atoms with Crippen LogP contribution < -0.4 is 5.32 Å². The normalized spacial score (nSPS) is 13.5. The van der Waals surface area contributed by atoms with Crippen LogP contribution in [-0.2, 0) is 6.42 Å². The SMILES string of the molecule is Cc1c(C)c([N+](=O)[O-])c(C)c(C)c1CC1=NCCN1.Cl. The van der Waals surface area contributed by atoms with Crippen molar-refractivity contribution in [2.45, 2.75) is 34.1 Å². The molecule has 1 aliphatic rings. The van der Waals surface area contributed by atoms with Gasteiger partial charge in [0.2, 0.25) is 0 Å². The monoisotopic (exact) mass is 297 g/mol. The minimum atomic E-state index is -0.278. The number of nitro benzene ring substituents is 1. The minimum absolute atomic E-state index is 0. The molecule has 110 valence electrons. The first kappa shape index (κ1) is 16.4. The molecular formula is C14H20ClN3O2. The number of nitrogens with zero attached hydrogens (tertiary/aromatic N) is 2. The van der Waals surface area contributed by atoms with Gasteiger partial charge in [0.1, 0.15) is 5.84 Å². The Morgan fingerprint density at radius 3 is 2.10 bits per heavy atom. The van der Waals surface area contributed by atoms with Gasteiger partial charge in [0, 0.05) is 24.1 Å². The quantitative estimate of drug-likeness (QED) is 0.689. The van der Waals surface area contributed by atoms with Crippen molar-refractivity contribution in [3.63, 3.8) is 0 Å². The Balaban J connectivity index is 0.00000200. The molecule has 6 heteroatoms. The van der Waals surface area contributed by atoms with Gasteiger partial charge in [-0.05, 0) is 44.4 Å². The Kier molecular flexibility index (Phi) is 5.11. The fourth-order valence-electron chi connectivity index (χ4n) is 2.64. The van der Waals surface area contributed by atoms with Crippen molar-refractivity contribution < 1.29 is 4.92 Å².